The standard InChI is InChI=1S/C17H19NO5/c1-11-3-4-13-12(7-11)8-14(23-13)15(19)18-6-5-17(9-18,10-22-2)16(20)21/h3-4,7-8H,5-6,9-10H2,1-2H3,(H,20,21). The summed E-state index contributed by atoms with van der Waals surface area (Å²) in [6.45, 7) is 2.57. The Kier molecular flexibility index (Phi) is 3.85. The van der Waals surface area contributed by atoms with Gasteiger partial charge in [-0.05, 0) is 31.5 Å². The van der Waals surface area contributed by atoms with Crippen molar-refractivity contribution < 1.29 is 23.8 Å². The Morgan fingerprint density at radius 1 is 1.39 bits per heavy atom. The second-order valence-electron chi connectivity index (χ2n) is 6.15. The third-order valence-electron chi connectivity index (χ3n) is 4.40. The molecule has 1 amide bonds. The van der Waals surface area contributed by atoms with E-state index in [4.69, 9.17) is 9.15 Å². The topological polar surface area (TPSA) is 80.0 Å². The molecular weight excluding hydrogens is 298 g/mol. The van der Waals surface area contributed by atoms with E-state index >= 15 is 0 Å². The lowest BCUT2D eigenvalue weighted by Gasteiger charge is -2.23. The van der Waals surface area contributed by atoms with E-state index in [1.807, 2.05) is 25.1 Å². The van der Waals surface area contributed by atoms with Crippen LogP contribution in [0, 0.1) is 12.3 Å². The Morgan fingerprint density at radius 3 is 2.87 bits per heavy atom. The average Bonchev–Trinajstić information content (AvgIpc) is 3.11. The van der Waals surface area contributed by atoms with Gasteiger partial charge in [-0.1, -0.05) is 11.6 Å². The van der Waals surface area contributed by atoms with Crippen LogP contribution in [0.2, 0.25) is 0 Å². The molecule has 122 valence electrons. The number of methoxy groups -OCH3 is 1. The maximum absolute atomic E-state index is 12.6. The third kappa shape index (κ3) is 2.70. The van der Waals surface area contributed by atoms with Crippen molar-refractivity contribution in [2.45, 2.75) is 13.3 Å². The zero-order valence-electron chi connectivity index (χ0n) is 13.2. The van der Waals surface area contributed by atoms with Crippen LogP contribution in [0.1, 0.15) is 22.5 Å². The minimum Gasteiger partial charge on any atom is -0.481 e. The molecule has 1 atom stereocenters. The van der Waals surface area contributed by atoms with Gasteiger partial charge in [-0.25, -0.2) is 0 Å². The molecule has 1 aromatic heterocycles. The number of hydrogen-bond acceptors (Lipinski definition) is 4. The number of amides is 1. The summed E-state index contributed by atoms with van der Waals surface area (Å²) in [5.74, 6) is -0.975. The first kappa shape index (κ1) is 15.6. The van der Waals surface area contributed by atoms with E-state index in [-0.39, 0.29) is 24.8 Å². The van der Waals surface area contributed by atoms with Gasteiger partial charge in [0, 0.05) is 25.6 Å². The van der Waals surface area contributed by atoms with Gasteiger partial charge in [0.1, 0.15) is 11.0 Å². The molecule has 3 rings (SSSR count). The number of likely N-dealkylation sites (tertiary alicyclic amines) is 1. The van der Waals surface area contributed by atoms with Gasteiger partial charge in [-0.2, -0.15) is 0 Å². The number of aliphatic carboxylic acids is 1. The molecule has 1 unspecified atom stereocenters. The molecule has 1 fully saturated rings. The molecule has 6 heteroatoms. The number of aryl methyl sites for hydroxylation is 1. The Bertz CT molecular complexity index is 765. The van der Waals surface area contributed by atoms with Crippen LogP contribution in [0.4, 0.5) is 0 Å². The summed E-state index contributed by atoms with van der Waals surface area (Å²) in [5, 5.41) is 10.3. The number of ether oxygens (including phenoxy) is 1. The lowest BCUT2D eigenvalue weighted by atomic mass is 9.88. The van der Waals surface area contributed by atoms with Crippen molar-refractivity contribution >= 4 is 22.8 Å². The van der Waals surface area contributed by atoms with E-state index in [1.54, 1.807) is 6.07 Å². The smallest absolute Gasteiger partial charge is 0.313 e. The summed E-state index contributed by atoms with van der Waals surface area (Å²) in [6.07, 6.45) is 0.376. The Balaban J connectivity index is 1.84. The van der Waals surface area contributed by atoms with Crippen LogP contribution in [0.15, 0.2) is 28.7 Å². The van der Waals surface area contributed by atoms with Crippen molar-refractivity contribution in [2.75, 3.05) is 26.8 Å². The van der Waals surface area contributed by atoms with Crippen LogP contribution < -0.4 is 0 Å². The first-order chi connectivity index (χ1) is 10.9. The fraction of sp³-hybridized carbons (Fsp3) is 0.412. The van der Waals surface area contributed by atoms with Crippen molar-refractivity contribution in [3.8, 4) is 0 Å². The summed E-state index contributed by atoms with van der Waals surface area (Å²) < 4.78 is 10.7. The van der Waals surface area contributed by atoms with Crippen molar-refractivity contribution in [1.29, 1.82) is 0 Å². The molecule has 23 heavy (non-hydrogen) atoms. The first-order valence-corrected chi connectivity index (χ1v) is 7.47. The normalized spacial score (nSPS) is 21.0. The van der Waals surface area contributed by atoms with Crippen LogP contribution >= 0.6 is 0 Å². The Morgan fingerprint density at radius 2 is 2.17 bits per heavy atom. The minimum atomic E-state index is -1.03. The first-order valence-electron chi connectivity index (χ1n) is 7.47. The van der Waals surface area contributed by atoms with Gasteiger partial charge in [-0.3, -0.25) is 9.59 Å². The van der Waals surface area contributed by atoms with Gasteiger partial charge in [0.05, 0.1) is 6.61 Å². The highest BCUT2D eigenvalue weighted by atomic mass is 16.5. The van der Waals surface area contributed by atoms with Crippen LogP contribution in [0.25, 0.3) is 11.0 Å². The molecule has 1 aliphatic heterocycles. The fourth-order valence-corrected chi connectivity index (χ4v) is 3.10. The van der Waals surface area contributed by atoms with Gasteiger partial charge >= 0.3 is 5.97 Å². The SMILES string of the molecule is COCC1(C(=O)O)CCN(C(=O)c2cc3cc(C)ccc3o2)C1. The molecule has 0 saturated carbocycles. The molecule has 0 aliphatic carbocycles. The van der Waals surface area contributed by atoms with Gasteiger partial charge < -0.3 is 19.2 Å². The minimum absolute atomic E-state index is 0.0887. The number of carbonyl (C=O) groups is 2. The number of benzene rings is 1. The Labute approximate surface area is 133 Å². The monoisotopic (exact) mass is 317 g/mol. The van der Waals surface area contributed by atoms with E-state index in [1.165, 1.54) is 12.0 Å². The molecule has 0 bridgehead atoms. The molecular formula is C17H19NO5. The number of hydrogen-bond donors (Lipinski definition) is 1. The van der Waals surface area contributed by atoms with Crippen molar-refractivity contribution in [3.63, 3.8) is 0 Å². The van der Waals surface area contributed by atoms with Gasteiger partial charge in [0.15, 0.2) is 5.76 Å². The van der Waals surface area contributed by atoms with E-state index in [0.717, 1.165) is 10.9 Å². The molecule has 1 saturated heterocycles. The summed E-state index contributed by atoms with van der Waals surface area (Å²) in [5.41, 5.74) is 0.704. The summed E-state index contributed by atoms with van der Waals surface area (Å²) in [6, 6.07) is 7.41. The van der Waals surface area contributed by atoms with E-state index in [2.05, 4.69) is 0 Å². The van der Waals surface area contributed by atoms with Crippen LogP contribution in [0.5, 0.6) is 0 Å². The number of furan rings is 1. The van der Waals surface area contributed by atoms with Crippen molar-refractivity contribution in [1.82, 2.24) is 4.90 Å². The predicted octanol–water partition coefficient (Wildman–Crippen LogP) is 2.30. The molecule has 1 aliphatic rings. The summed E-state index contributed by atoms with van der Waals surface area (Å²) >= 11 is 0. The quantitative estimate of drug-likeness (QED) is 0.936. The molecule has 6 nitrogen and oxygen atoms in total. The maximum atomic E-state index is 12.6. The van der Waals surface area contributed by atoms with Crippen molar-refractivity contribution in [3.05, 3.63) is 35.6 Å². The lowest BCUT2D eigenvalue weighted by molar-refractivity contribution is -0.151. The molecule has 2 aromatic rings. The van der Waals surface area contributed by atoms with Crippen molar-refractivity contribution in [2.24, 2.45) is 5.41 Å². The highest BCUT2D eigenvalue weighted by Crippen LogP contribution is 2.33. The lowest BCUT2D eigenvalue weighted by Crippen LogP contribution is -2.40. The van der Waals surface area contributed by atoms with E-state index in [0.29, 0.717) is 18.5 Å². The summed E-state index contributed by atoms with van der Waals surface area (Å²) in [4.78, 5) is 25.7. The molecule has 1 N–H and O–H groups in total. The fourth-order valence-electron chi connectivity index (χ4n) is 3.10. The third-order valence-corrected chi connectivity index (χ3v) is 4.40. The number of rotatable bonds is 4. The summed E-state index contributed by atoms with van der Waals surface area (Å²) in [7, 11) is 1.47. The Hall–Kier alpha value is -2.34. The average molecular weight is 317 g/mol. The zero-order chi connectivity index (χ0) is 16.6. The molecule has 1 aromatic carbocycles. The van der Waals surface area contributed by atoms with Crippen LogP contribution in [-0.4, -0.2) is 48.7 Å². The van der Waals surface area contributed by atoms with Crippen LogP contribution in [0.3, 0.4) is 0 Å². The molecule has 0 spiro atoms. The molecule has 2 heterocycles. The highest BCUT2D eigenvalue weighted by molar-refractivity contribution is 5.96. The van der Waals surface area contributed by atoms with E-state index in [9.17, 15) is 14.7 Å². The predicted molar refractivity (Wildman–Crippen MR) is 83.4 cm³/mol. The number of carboxylic acids is 1. The van der Waals surface area contributed by atoms with Gasteiger partial charge in [0.2, 0.25) is 0 Å². The highest BCUT2D eigenvalue weighted by Gasteiger charge is 2.47. The number of fused-ring (bicyclic) bond motifs is 1. The van der Waals surface area contributed by atoms with Crippen LogP contribution in [-0.2, 0) is 9.53 Å². The number of carboxylic acid groups (broad SMARTS) is 1. The number of nitrogens with zero attached hydrogens (tertiary/aromatic N) is 1. The largest absolute Gasteiger partial charge is 0.481 e. The number of carbonyl (C=O) groups excluding carboxylic acids is 1. The van der Waals surface area contributed by atoms with Gasteiger partial charge in [-0.15, -0.1) is 0 Å². The second-order valence-corrected chi connectivity index (χ2v) is 6.15. The molecule has 0 radical (unpaired) electrons. The second kappa shape index (κ2) is 5.70. The zero-order valence-corrected chi connectivity index (χ0v) is 13.2. The van der Waals surface area contributed by atoms with E-state index < -0.39 is 11.4 Å². The maximum Gasteiger partial charge on any atom is 0.313 e. The van der Waals surface area contributed by atoms with Gasteiger partial charge in [0.25, 0.3) is 5.91 Å².